The molecule has 2 heterocycles. The molecule has 0 N–H and O–H groups in total. The van der Waals surface area contributed by atoms with Crippen LogP contribution in [0.4, 0.5) is 0 Å². The third-order valence-electron chi connectivity index (χ3n) is 4.28. The smallest absolute Gasteiger partial charge is 0.227 e. The summed E-state index contributed by atoms with van der Waals surface area (Å²) in [5.74, 6) is 0.248. The molecule has 2 aromatic rings. The van der Waals surface area contributed by atoms with Crippen molar-refractivity contribution in [2.45, 2.75) is 19.9 Å². The lowest BCUT2D eigenvalue weighted by Crippen LogP contribution is -2.48. The van der Waals surface area contributed by atoms with Gasteiger partial charge in [-0.2, -0.15) is 0 Å². The van der Waals surface area contributed by atoms with E-state index in [0.717, 1.165) is 38.3 Å². The van der Waals surface area contributed by atoms with Crippen LogP contribution in [-0.2, 0) is 17.8 Å². The SMILES string of the molecule is Cc1sccc1CN1CCN(C(=O)Cc2ccccc2)CC1. The van der Waals surface area contributed by atoms with Crippen LogP contribution >= 0.6 is 11.3 Å². The molecule has 1 aromatic heterocycles. The molecule has 1 saturated heterocycles. The summed E-state index contributed by atoms with van der Waals surface area (Å²) < 4.78 is 0. The Morgan fingerprint density at radius 2 is 1.82 bits per heavy atom. The minimum absolute atomic E-state index is 0.248. The van der Waals surface area contributed by atoms with E-state index in [1.807, 2.05) is 46.6 Å². The van der Waals surface area contributed by atoms with E-state index in [4.69, 9.17) is 0 Å². The monoisotopic (exact) mass is 314 g/mol. The number of aryl methyl sites for hydroxylation is 1. The number of thiophene rings is 1. The Hall–Kier alpha value is -1.65. The Morgan fingerprint density at radius 1 is 1.09 bits per heavy atom. The maximum atomic E-state index is 12.4. The third kappa shape index (κ3) is 3.76. The average molecular weight is 314 g/mol. The fourth-order valence-electron chi connectivity index (χ4n) is 2.85. The average Bonchev–Trinajstić information content (AvgIpc) is 2.94. The summed E-state index contributed by atoms with van der Waals surface area (Å²) in [5.41, 5.74) is 2.53. The second kappa shape index (κ2) is 7.07. The Bertz CT molecular complexity index is 615. The molecule has 0 atom stereocenters. The van der Waals surface area contributed by atoms with Crippen molar-refractivity contribution < 1.29 is 4.79 Å². The molecule has 0 unspecified atom stereocenters. The van der Waals surface area contributed by atoms with Crippen LogP contribution in [0.1, 0.15) is 16.0 Å². The van der Waals surface area contributed by atoms with Gasteiger partial charge in [-0.1, -0.05) is 30.3 Å². The van der Waals surface area contributed by atoms with Crippen LogP contribution in [-0.4, -0.2) is 41.9 Å². The molecule has 1 aromatic carbocycles. The molecule has 22 heavy (non-hydrogen) atoms. The van der Waals surface area contributed by atoms with E-state index >= 15 is 0 Å². The Labute approximate surface area is 136 Å². The van der Waals surface area contributed by atoms with Crippen molar-refractivity contribution in [2.75, 3.05) is 26.2 Å². The summed E-state index contributed by atoms with van der Waals surface area (Å²) in [6, 6.07) is 12.2. The van der Waals surface area contributed by atoms with Gasteiger partial charge in [0.1, 0.15) is 0 Å². The third-order valence-corrected chi connectivity index (χ3v) is 5.17. The van der Waals surface area contributed by atoms with Crippen molar-refractivity contribution >= 4 is 17.2 Å². The Morgan fingerprint density at radius 3 is 2.45 bits per heavy atom. The molecule has 0 radical (unpaired) electrons. The second-order valence-corrected chi connectivity index (χ2v) is 6.94. The van der Waals surface area contributed by atoms with E-state index < -0.39 is 0 Å². The molecule has 0 spiro atoms. The highest BCUT2D eigenvalue weighted by atomic mass is 32.1. The molecule has 0 saturated carbocycles. The van der Waals surface area contributed by atoms with Gasteiger partial charge in [-0.25, -0.2) is 0 Å². The van der Waals surface area contributed by atoms with Gasteiger partial charge in [0.05, 0.1) is 6.42 Å². The standard InChI is InChI=1S/C18H22N2OS/c1-15-17(7-12-22-15)14-19-8-10-20(11-9-19)18(21)13-16-5-3-2-4-6-16/h2-7,12H,8-11,13-14H2,1H3. The molecule has 4 heteroatoms. The molecule has 1 amide bonds. The minimum Gasteiger partial charge on any atom is -0.340 e. The molecular formula is C18H22N2OS. The van der Waals surface area contributed by atoms with Crippen molar-refractivity contribution in [3.05, 3.63) is 57.8 Å². The molecule has 1 aliphatic heterocycles. The van der Waals surface area contributed by atoms with Gasteiger partial charge < -0.3 is 4.90 Å². The highest BCUT2D eigenvalue weighted by Gasteiger charge is 2.21. The minimum atomic E-state index is 0.248. The molecular weight excluding hydrogens is 292 g/mol. The van der Waals surface area contributed by atoms with Gasteiger partial charge in [-0.05, 0) is 29.5 Å². The van der Waals surface area contributed by atoms with Crippen molar-refractivity contribution in [2.24, 2.45) is 0 Å². The zero-order chi connectivity index (χ0) is 15.4. The van der Waals surface area contributed by atoms with Crippen LogP contribution in [0, 0.1) is 6.92 Å². The topological polar surface area (TPSA) is 23.6 Å². The van der Waals surface area contributed by atoms with Gasteiger partial charge in [0.2, 0.25) is 5.91 Å². The lowest BCUT2D eigenvalue weighted by Gasteiger charge is -2.34. The molecule has 3 nitrogen and oxygen atoms in total. The van der Waals surface area contributed by atoms with Crippen molar-refractivity contribution in [3.63, 3.8) is 0 Å². The lowest BCUT2D eigenvalue weighted by atomic mass is 10.1. The summed E-state index contributed by atoms with van der Waals surface area (Å²) in [6.07, 6.45) is 0.518. The molecule has 0 bridgehead atoms. The maximum absolute atomic E-state index is 12.4. The van der Waals surface area contributed by atoms with Gasteiger partial charge >= 0.3 is 0 Å². The first-order chi connectivity index (χ1) is 10.7. The number of piperazine rings is 1. The number of carbonyl (C=O) groups excluding carboxylic acids is 1. The highest BCUT2D eigenvalue weighted by molar-refractivity contribution is 7.10. The second-order valence-electron chi connectivity index (χ2n) is 5.82. The van der Waals surface area contributed by atoms with Crippen LogP contribution in [0.5, 0.6) is 0 Å². The van der Waals surface area contributed by atoms with Crippen molar-refractivity contribution in [1.29, 1.82) is 0 Å². The fraction of sp³-hybridized carbons (Fsp3) is 0.389. The number of amides is 1. The number of carbonyl (C=O) groups is 1. The first-order valence-electron chi connectivity index (χ1n) is 7.79. The van der Waals surface area contributed by atoms with E-state index in [1.54, 1.807) is 0 Å². The number of nitrogens with zero attached hydrogens (tertiary/aromatic N) is 2. The molecule has 0 aliphatic carbocycles. The van der Waals surface area contributed by atoms with Gasteiger partial charge in [-0.15, -0.1) is 11.3 Å². The zero-order valence-electron chi connectivity index (χ0n) is 13.0. The summed E-state index contributed by atoms with van der Waals surface area (Å²) in [6.45, 7) is 6.81. The number of hydrogen-bond acceptors (Lipinski definition) is 3. The molecule has 1 aliphatic rings. The summed E-state index contributed by atoms with van der Waals surface area (Å²) >= 11 is 1.81. The van der Waals surface area contributed by atoms with Crippen LogP contribution in [0.15, 0.2) is 41.8 Å². The van der Waals surface area contributed by atoms with Crippen LogP contribution < -0.4 is 0 Å². The van der Waals surface area contributed by atoms with Gasteiger partial charge in [0.15, 0.2) is 0 Å². The van der Waals surface area contributed by atoms with Crippen LogP contribution in [0.2, 0.25) is 0 Å². The molecule has 116 valence electrons. The quantitative estimate of drug-likeness (QED) is 0.866. The molecule has 1 fully saturated rings. The zero-order valence-corrected chi connectivity index (χ0v) is 13.8. The number of rotatable bonds is 4. The Kier molecular flexibility index (Phi) is 4.90. The van der Waals surface area contributed by atoms with E-state index in [2.05, 4.69) is 23.3 Å². The predicted molar refractivity (Wildman–Crippen MR) is 91.1 cm³/mol. The summed E-state index contributed by atoms with van der Waals surface area (Å²) in [7, 11) is 0. The van der Waals surface area contributed by atoms with E-state index in [-0.39, 0.29) is 5.91 Å². The lowest BCUT2D eigenvalue weighted by molar-refractivity contribution is -0.132. The van der Waals surface area contributed by atoms with Gasteiger partial charge in [0, 0.05) is 37.6 Å². The predicted octanol–water partition coefficient (Wildman–Crippen LogP) is 2.94. The van der Waals surface area contributed by atoms with Crippen LogP contribution in [0.25, 0.3) is 0 Å². The summed E-state index contributed by atoms with van der Waals surface area (Å²) in [4.78, 5) is 18.2. The number of hydrogen-bond donors (Lipinski definition) is 0. The highest BCUT2D eigenvalue weighted by Crippen LogP contribution is 2.18. The molecule has 3 rings (SSSR count). The number of benzene rings is 1. The van der Waals surface area contributed by atoms with Crippen molar-refractivity contribution in [3.8, 4) is 0 Å². The summed E-state index contributed by atoms with van der Waals surface area (Å²) in [5, 5.41) is 2.16. The van der Waals surface area contributed by atoms with Crippen LogP contribution in [0.3, 0.4) is 0 Å². The van der Waals surface area contributed by atoms with E-state index in [0.29, 0.717) is 6.42 Å². The first-order valence-corrected chi connectivity index (χ1v) is 8.67. The van der Waals surface area contributed by atoms with E-state index in [9.17, 15) is 4.79 Å². The fourth-order valence-corrected chi connectivity index (χ4v) is 3.57. The van der Waals surface area contributed by atoms with Gasteiger partial charge in [0.25, 0.3) is 0 Å². The van der Waals surface area contributed by atoms with E-state index in [1.165, 1.54) is 10.4 Å². The van der Waals surface area contributed by atoms with Crippen molar-refractivity contribution in [1.82, 2.24) is 9.80 Å². The normalized spacial score (nSPS) is 16.0. The Balaban J connectivity index is 1.49. The maximum Gasteiger partial charge on any atom is 0.227 e. The van der Waals surface area contributed by atoms with Gasteiger partial charge in [-0.3, -0.25) is 9.69 Å². The largest absolute Gasteiger partial charge is 0.340 e. The first kappa shape index (κ1) is 15.3.